The fourth-order valence-corrected chi connectivity index (χ4v) is 5.64. The molecule has 0 aliphatic carbocycles. The number of aromatic nitrogens is 7. The molecule has 0 spiro atoms. The number of piperidine rings is 1. The topological polar surface area (TPSA) is 99.3 Å². The van der Waals surface area contributed by atoms with Crippen LogP contribution in [0.4, 0.5) is 0 Å². The zero-order chi connectivity index (χ0) is 23.9. The number of nitrogens with one attached hydrogen (secondary N) is 2. The summed E-state index contributed by atoms with van der Waals surface area (Å²) in [5.74, 6) is 0.704. The second kappa shape index (κ2) is 8.92. The van der Waals surface area contributed by atoms with Gasteiger partial charge >= 0.3 is 0 Å². The summed E-state index contributed by atoms with van der Waals surface area (Å²) in [6.45, 7) is 3.25. The normalized spacial score (nSPS) is 14.7. The molecule has 7 heterocycles. The molecule has 6 aromatic heterocycles. The maximum atomic E-state index is 4.91. The van der Waals surface area contributed by atoms with Crippen LogP contribution in [0.25, 0.3) is 56.0 Å². The molecular formula is C27H24N8S. The van der Waals surface area contributed by atoms with E-state index >= 15 is 0 Å². The Labute approximate surface area is 211 Å². The van der Waals surface area contributed by atoms with Gasteiger partial charge in [0, 0.05) is 47.0 Å². The van der Waals surface area contributed by atoms with Gasteiger partial charge in [-0.25, -0.2) is 4.98 Å². The van der Waals surface area contributed by atoms with Crippen molar-refractivity contribution in [2.75, 3.05) is 13.1 Å². The van der Waals surface area contributed by atoms with Gasteiger partial charge in [-0.05, 0) is 61.1 Å². The average molecular weight is 493 g/mol. The van der Waals surface area contributed by atoms with Crippen LogP contribution in [0, 0.1) is 0 Å². The number of nitrogens with zero attached hydrogens (tertiary/aromatic N) is 6. The summed E-state index contributed by atoms with van der Waals surface area (Å²) >= 11 is 1.65. The molecule has 0 saturated carbocycles. The van der Waals surface area contributed by atoms with E-state index in [9.17, 15) is 0 Å². The molecule has 178 valence electrons. The van der Waals surface area contributed by atoms with Gasteiger partial charge in [-0.2, -0.15) is 16.4 Å². The molecular weight excluding hydrogens is 468 g/mol. The summed E-state index contributed by atoms with van der Waals surface area (Å²) in [6, 6.07) is 8.29. The second-order valence-electron chi connectivity index (χ2n) is 9.26. The van der Waals surface area contributed by atoms with Crippen molar-refractivity contribution >= 4 is 33.3 Å². The Hall–Kier alpha value is -3.95. The molecule has 7 rings (SSSR count). The molecule has 9 heteroatoms. The first-order chi connectivity index (χ1) is 17.8. The third-order valence-electron chi connectivity index (χ3n) is 6.81. The van der Waals surface area contributed by atoms with Crippen LogP contribution < -0.4 is 0 Å². The maximum Gasteiger partial charge on any atom is 0.159 e. The van der Waals surface area contributed by atoms with E-state index in [1.807, 2.05) is 30.9 Å². The largest absolute Gasteiger partial charge is 0.336 e. The SMILES string of the molecule is c1cc2[nH]c(-c3n[nH]c4cnc(-c5cncc(CN6CCCCC6)c5)cc34)nc2c(-c2ccsc2)n1. The van der Waals surface area contributed by atoms with Crippen LogP contribution in [-0.4, -0.2) is 53.1 Å². The van der Waals surface area contributed by atoms with Crippen LogP contribution >= 0.6 is 11.3 Å². The van der Waals surface area contributed by atoms with Gasteiger partial charge in [-0.1, -0.05) is 6.42 Å². The van der Waals surface area contributed by atoms with Crippen molar-refractivity contribution in [3.05, 3.63) is 65.4 Å². The standard InChI is InChI=1S/C27H24N8S/c1-2-7-35(8-3-1)15-17-10-19(13-28-12-17)22-11-20-23(14-30-22)33-34-25(20)27-31-21-4-6-29-24(26(21)32-27)18-5-9-36-16-18/h4-6,9-14,16H,1-3,7-8,15H2,(H,31,32)(H,33,34). The number of likely N-dealkylation sites (tertiary alicyclic amines) is 1. The number of hydrogen-bond acceptors (Lipinski definition) is 7. The summed E-state index contributed by atoms with van der Waals surface area (Å²) < 4.78 is 0. The zero-order valence-electron chi connectivity index (χ0n) is 19.6. The molecule has 0 aromatic carbocycles. The molecule has 1 fully saturated rings. The third-order valence-corrected chi connectivity index (χ3v) is 7.50. The van der Waals surface area contributed by atoms with Crippen molar-refractivity contribution in [3.8, 4) is 34.0 Å². The Morgan fingerprint density at radius 1 is 0.917 bits per heavy atom. The van der Waals surface area contributed by atoms with E-state index < -0.39 is 0 Å². The molecule has 1 aliphatic heterocycles. The molecule has 0 radical (unpaired) electrons. The van der Waals surface area contributed by atoms with E-state index in [4.69, 9.17) is 9.97 Å². The molecule has 0 bridgehead atoms. The van der Waals surface area contributed by atoms with Crippen LogP contribution in [0.2, 0.25) is 0 Å². The first-order valence-corrected chi connectivity index (χ1v) is 13.1. The van der Waals surface area contributed by atoms with Gasteiger partial charge in [-0.3, -0.25) is 25.0 Å². The van der Waals surface area contributed by atoms with Gasteiger partial charge < -0.3 is 4.98 Å². The number of rotatable bonds is 5. The Kier molecular flexibility index (Phi) is 5.29. The van der Waals surface area contributed by atoms with Crippen molar-refractivity contribution in [1.29, 1.82) is 0 Å². The second-order valence-corrected chi connectivity index (χ2v) is 10.0. The third kappa shape index (κ3) is 3.86. The van der Waals surface area contributed by atoms with Crippen LogP contribution in [0.1, 0.15) is 24.8 Å². The highest BCUT2D eigenvalue weighted by atomic mass is 32.1. The van der Waals surface area contributed by atoms with Crippen molar-refractivity contribution < 1.29 is 0 Å². The lowest BCUT2D eigenvalue weighted by Gasteiger charge is -2.26. The molecule has 0 unspecified atom stereocenters. The summed E-state index contributed by atoms with van der Waals surface area (Å²) in [4.78, 5) is 24.7. The summed E-state index contributed by atoms with van der Waals surface area (Å²) in [7, 11) is 0. The van der Waals surface area contributed by atoms with Crippen molar-refractivity contribution in [3.63, 3.8) is 0 Å². The summed E-state index contributed by atoms with van der Waals surface area (Å²) in [5, 5.41) is 12.8. The van der Waals surface area contributed by atoms with Crippen molar-refractivity contribution in [2.45, 2.75) is 25.8 Å². The first kappa shape index (κ1) is 21.3. The number of hydrogen-bond donors (Lipinski definition) is 2. The number of imidazole rings is 1. The van der Waals surface area contributed by atoms with E-state index in [-0.39, 0.29) is 0 Å². The molecule has 0 atom stereocenters. The lowest BCUT2D eigenvalue weighted by atomic mass is 10.1. The van der Waals surface area contributed by atoms with E-state index in [1.54, 1.807) is 11.3 Å². The Balaban J connectivity index is 1.26. The molecule has 8 nitrogen and oxygen atoms in total. The van der Waals surface area contributed by atoms with Crippen molar-refractivity contribution in [2.24, 2.45) is 0 Å². The van der Waals surface area contributed by atoms with Crippen LogP contribution in [-0.2, 0) is 6.54 Å². The number of thiophene rings is 1. The van der Waals surface area contributed by atoms with Gasteiger partial charge in [0.05, 0.1) is 28.6 Å². The fraction of sp³-hybridized carbons (Fsp3) is 0.222. The zero-order valence-corrected chi connectivity index (χ0v) is 20.4. The summed E-state index contributed by atoms with van der Waals surface area (Å²) in [6.07, 6.45) is 11.4. The maximum absolute atomic E-state index is 4.91. The molecule has 2 N–H and O–H groups in total. The predicted molar refractivity (Wildman–Crippen MR) is 142 cm³/mol. The molecule has 6 aromatic rings. The van der Waals surface area contributed by atoms with Gasteiger partial charge in [0.1, 0.15) is 11.2 Å². The highest BCUT2D eigenvalue weighted by Crippen LogP contribution is 2.32. The molecule has 1 saturated heterocycles. The molecule has 36 heavy (non-hydrogen) atoms. The molecule has 0 amide bonds. The van der Waals surface area contributed by atoms with E-state index in [0.717, 1.165) is 69.8 Å². The van der Waals surface area contributed by atoms with E-state index in [2.05, 4.69) is 59.0 Å². The van der Waals surface area contributed by atoms with Gasteiger partial charge in [0.25, 0.3) is 0 Å². The van der Waals surface area contributed by atoms with Crippen LogP contribution in [0.5, 0.6) is 0 Å². The van der Waals surface area contributed by atoms with Crippen LogP contribution in [0.15, 0.2) is 59.8 Å². The minimum absolute atomic E-state index is 0.704. The number of pyridine rings is 3. The minimum atomic E-state index is 0.704. The van der Waals surface area contributed by atoms with Gasteiger partial charge in [0.15, 0.2) is 5.82 Å². The summed E-state index contributed by atoms with van der Waals surface area (Å²) in [5.41, 5.74) is 8.43. The minimum Gasteiger partial charge on any atom is -0.336 e. The number of H-pyrrole nitrogens is 2. The highest BCUT2D eigenvalue weighted by molar-refractivity contribution is 7.08. The monoisotopic (exact) mass is 492 g/mol. The predicted octanol–water partition coefficient (Wildman–Crippen LogP) is 5.67. The first-order valence-electron chi connectivity index (χ1n) is 12.2. The Morgan fingerprint density at radius 2 is 1.86 bits per heavy atom. The van der Waals surface area contributed by atoms with E-state index in [0.29, 0.717) is 5.82 Å². The number of aromatic amines is 2. The quantitative estimate of drug-likeness (QED) is 0.322. The smallest absolute Gasteiger partial charge is 0.159 e. The molecule has 1 aliphatic rings. The Bertz CT molecular complexity index is 1660. The lowest BCUT2D eigenvalue weighted by Crippen LogP contribution is -2.29. The Morgan fingerprint density at radius 3 is 2.75 bits per heavy atom. The fourth-order valence-electron chi connectivity index (χ4n) is 5.00. The lowest BCUT2D eigenvalue weighted by molar-refractivity contribution is 0.220. The van der Waals surface area contributed by atoms with Gasteiger partial charge in [0.2, 0.25) is 0 Å². The highest BCUT2D eigenvalue weighted by Gasteiger charge is 2.17. The van der Waals surface area contributed by atoms with E-state index in [1.165, 1.54) is 24.8 Å². The average Bonchev–Trinajstić information content (AvgIpc) is 3.68. The number of fused-ring (bicyclic) bond motifs is 2. The van der Waals surface area contributed by atoms with Crippen LogP contribution in [0.3, 0.4) is 0 Å². The van der Waals surface area contributed by atoms with Gasteiger partial charge in [-0.15, -0.1) is 0 Å². The van der Waals surface area contributed by atoms with Crippen molar-refractivity contribution in [1.82, 2.24) is 40.0 Å².